The molecule has 0 unspecified atom stereocenters. The number of amides is 2. The Balaban J connectivity index is 1.90. The van der Waals surface area contributed by atoms with Gasteiger partial charge >= 0.3 is 6.03 Å². The van der Waals surface area contributed by atoms with Crippen LogP contribution in [-0.2, 0) is 0 Å². The highest BCUT2D eigenvalue weighted by atomic mass is 16.3. The lowest BCUT2D eigenvalue weighted by molar-refractivity contribution is 0.0198. The molecule has 1 fully saturated rings. The molecule has 1 aromatic rings. The van der Waals surface area contributed by atoms with Gasteiger partial charge in [0.05, 0.1) is 5.60 Å². The largest absolute Gasteiger partial charge is 0.387 e. The first-order valence-corrected chi connectivity index (χ1v) is 7.98. The van der Waals surface area contributed by atoms with Gasteiger partial charge in [-0.05, 0) is 55.5 Å². The Morgan fingerprint density at radius 3 is 2.86 bits per heavy atom. The minimum Gasteiger partial charge on any atom is -0.387 e. The number of carbonyl (C=O) groups is 1. The van der Waals surface area contributed by atoms with Gasteiger partial charge in [-0.1, -0.05) is 19.9 Å². The van der Waals surface area contributed by atoms with E-state index in [0.717, 1.165) is 18.7 Å². The summed E-state index contributed by atoms with van der Waals surface area (Å²) in [7, 11) is 0. The Morgan fingerprint density at radius 1 is 1.45 bits per heavy atom. The van der Waals surface area contributed by atoms with Crippen molar-refractivity contribution in [2.75, 3.05) is 25.0 Å². The molecule has 1 aromatic carbocycles. The van der Waals surface area contributed by atoms with Crippen LogP contribution in [-0.4, -0.2) is 36.4 Å². The monoisotopic (exact) mass is 305 g/mol. The summed E-state index contributed by atoms with van der Waals surface area (Å²) in [5, 5.41) is 19.1. The highest BCUT2D eigenvalue weighted by molar-refractivity contribution is 5.89. The van der Waals surface area contributed by atoms with E-state index >= 15 is 0 Å². The van der Waals surface area contributed by atoms with Crippen LogP contribution in [0.15, 0.2) is 18.2 Å². The fraction of sp³-hybridized carbons (Fsp3) is 0.588. The van der Waals surface area contributed by atoms with E-state index in [2.05, 4.69) is 36.7 Å². The molecule has 1 aliphatic heterocycles. The van der Waals surface area contributed by atoms with E-state index in [1.807, 2.05) is 18.2 Å². The molecule has 0 bridgehead atoms. The summed E-state index contributed by atoms with van der Waals surface area (Å²) in [6, 6.07) is 5.65. The predicted molar refractivity (Wildman–Crippen MR) is 89.3 cm³/mol. The first-order valence-electron chi connectivity index (χ1n) is 7.98. The average Bonchev–Trinajstić information content (AvgIpc) is 2.48. The number of carbonyl (C=O) groups excluding carboxylic acids is 1. The SMILES string of the molecule is Cc1ccc(NC(=O)NC[C@]2(O)CCCNC2)cc1C(C)C. The standard InChI is InChI=1S/C17H27N3O2/c1-12(2)15-9-14(6-5-13(15)3)20-16(21)19-11-17(22)7-4-8-18-10-17/h5-6,9,12,18,22H,4,7-8,10-11H2,1-3H3,(H2,19,20,21)/t17-/m0/s1. The fourth-order valence-corrected chi connectivity index (χ4v) is 2.86. The van der Waals surface area contributed by atoms with E-state index < -0.39 is 5.60 Å². The number of rotatable bonds is 4. The second-order valence-corrected chi connectivity index (χ2v) is 6.54. The maximum atomic E-state index is 12.0. The summed E-state index contributed by atoms with van der Waals surface area (Å²) in [6.45, 7) is 8.06. The Morgan fingerprint density at radius 2 is 2.23 bits per heavy atom. The van der Waals surface area contributed by atoms with E-state index in [1.165, 1.54) is 11.1 Å². The fourth-order valence-electron chi connectivity index (χ4n) is 2.86. The third-order valence-corrected chi connectivity index (χ3v) is 4.19. The summed E-state index contributed by atoms with van der Waals surface area (Å²) in [5.41, 5.74) is 2.39. The normalized spacial score (nSPS) is 21.7. The summed E-state index contributed by atoms with van der Waals surface area (Å²) in [6.07, 6.45) is 1.64. The van der Waals surface area contributed by atoms with Crippen LogP contribution in [0.25, 0.3) is 0 Å². The van der Waals surface area contributed by atoms with Crippen molar-refractivity contribution in [3.05, 3.63) is 29.3 Å². The smallest absolute Gasteiger partial charge is 0.319 e. The van der Waals surface area contributed by atoms with E-state index in [4.69, 9.17) is 0 Å². The molecule has 1 saturated heterocycles. The lowest BCUT2D eigenvalue weighted by atomic mass is 9.94. The molecule has 0 aliphatic carbocycles. The van der Waals surface area contributed by atoms with Crippen molar-refractivity contribution in [1.82, 2.24) is 10.6 Å². The molecule has 1 aliphatic rings. The summed E-state index contributed by atoms with van der Waals surface area (Å²) in [5.74, 6) is 0.416. The van der Waals surface area contributed by atoms with Gasteiger partial charge in [0.1, 0.15) is 0 Å². The van der Waals surface area contributed by atoms with Crippen LogP contribution in [0.4, 0.5) is 10.5 Å². The lowest BCUT2D eigenvalue weighted by Gasteiger charge is -2.32. The van der Waals surface area contributed by atoms with Crippen LogP contribution in [0.5, 0.6) is 0 Å². The molecule has 1 atom stereocenters. The molecule has 1 heterocycles. The molecule has 4 N–H and O–H groups in total. The maximum Gasteiger partial charge on any atom is 0.319 e. The first-order chi connectivity index (χ1) is 10.4. The zero-order valence-corrected chi connectivity index (χ0v) is 13.7. The van der Waals surface area contributed by atoms with Gasteiger partial charge in [-0.15, -0.1) is 0 Å². The third-order valence-electron chi connectivity index (χ3n) is 4.19. The molecule has 0 aromatic heterocycles. The Hall–Kier alpha value is -1.59. The highest BCUT2D eigenvalue weighted by Gasteiger charge is 2.29. The van der Waals surface area contributed by atoms with Crippen molar-refractivity contribution in [2.45, 2.75) is 45.1 Å². The molecule has 2 rings (SSSR count). The van der Waals surface area contributed by atoms with Gasteiger partial charge in [-0.2, -0.15) is 0 Å². The van der Waals surface area contributed by atoms with Gasteiger partial charge in [-0.25, -0.2) is 4.79 Å². The van der Waals surface area contributed by atoms with Gasteiger partial charge in [0.2, 0.25) is 0 Å². The second kappa shape index (κ2) is 7.11. The number of β-amino-alcohol motifs (C(OH)–C–C–N with tert-alkyl or cyclic N) is 1. The van der Waals surface area contributed by atoms with Gasteiger partial charge in [0, 0.05) is 18.8 Å². The van der Waals surface area contributed by atoms with Gasteiger partial charge in [0.15, 0.2) is 0 Å². The van der Waals surface area contributed by atoms with Crippen molar-refractivity contribution < 1.29 is 9.90 Å². The van der Waals surface area contributed by atoms with Crippen LogP contribution in [0.3, 0.4) is 0 Å². The molecule has 22 heavy (non-hydrogen) atoms. The van der Waals surface area contributed by atoms with Gasteiger partial charge < -0.3 is 21.1 Å². The Bertz CT molecular complexity index is 523. The molecule has 122 valence electrons. The molecule has 0 saturated carbocycles. The van der Waals surface area contributed by atoms with Crippen LogP contribution < -0.4 is 16.0 Å². The minimum absolute atomic E-state index is 0.259. The summed E-state index contributed by atoms with van der Waals surface area (Å²) in [4.78, 5) is 12.0. The zero-order chi connectivity index (χ0) is 16.2. The number of nitrogens with one attached hydrogen (secondary N) is 3. The number of urea groups is 1. The number of aryl methyl sites for hydroxylation is 1. The van der Waals surface area contributed by atoms with Gasteiger partial charge in [-0.3, -0.25) is 0 Å². The molecule has 0 spiro atoms. The van der Waals surface area contributed by atoms with E-state index in [-0.39, 0.29) is 12.6 Å². The number of anilines is 1. The number of hydrogen-bond donors (Lipinski definition) is 4. The van der Waals surface area contributed by atoms with E-state index in [9.17, 15) is 9.90 Å². The van der Waals surface area contributed by atoms with Crippen molar-refractivity contribution in [1.29, 1.82) is 0 Å². The topological polar surface area (TPSA) is 73.4 Å². The molecule has 5 nitrogen and oxygen atoms in total. The number of hydrogen-bond acceptors (Lipinski definition) is 3. The quantitative estimate of drug-likeness (QED) is 0.690. The van der Waals surface area contributed by atoms with Crippen LogP contribution >= 0.6 is 0 Å². The molecule has 2 amide bonds. The van der Waals surface area contributed by atoms with Crippen molar-refractivity contribution in [2.24, 2.45) is 0 Å². The molecular weight excluding hydrogens is 278 g/mol. The second-order valence-electron chi connectivity index (χ2n) is 6.54. The summed E-state index contributed by atoms with van der Waals surface area (Å²) < 4.78 is 0. The minimum atomic E-state index is -0.841. The Kier molecular flexibility index (Phi) is 5.42. The predicted octanol–water partition coefficient (Wildman–Crippen LogP) is 2.35. The highest BCUT2D eigenvalue weighted by Crippen LogP contribution is 2.22. The number of benzene rings is 1. The van der Waals surface area contributed by atoms with Crippen LogP contribution in [0, 0.1) is 6.92 Å². The van der Waals surface area contributed by atoms with Crippen molar-refractivity contribution >= 4 is 11.7 Å². The molecular formula is C17H27N3O2. The van der Waals surface area contributed by atoms with Crippen molar-refractivity contribution in [3.63, 3.8) is 0 Å². The first kappa shape index (κ1) is 16.8. The van der Waals surface area contributed by atoms with Crippen LogP contribution in [0.2, 0.25) is 0 Å². The van der Waals surface area contributed by atoms with E-state index in [1.54, 1.807) is 0 Å². The van der Waals surface area contributed by atoms with Crippen molar-refractivity contribution in [3.8, 4) is 0 Å². The van der Waals surface area contributed by atoms with Gasteiger partial charge in [0.25, 0.3) is 0 Å². The van der Waals surface area contributed by atoms with Crippen LogP contribution in [0.1, 0.15) is 43.7 Å². The maximum absolute atomic E-state index is 12.0. The van der Waals surface area contributed by atoms with E-state index in [0.29, 0.717) is 18.9 Å². The zero-order valence-electron chi connectivity index (χ0n) is 13.7. The summed E-state index contributed by atoms with van der Waals surface area (Å²) >= 11 is 0. The number of piperidine rings is 1. The Labute approximate surface area is 132 Å². The average molecular weight is 305 g/mol. The third kappa shape index (κ3) is 4.45. The molecule has 0 radical (unpaired) electrons. The number of aliphatic hydroxyl groups is 1. The molecule has 5 heteroatoms. The lowest BCUT2D eigenvalue weighted by Crippen LogP contribution is -2.53.